The van der Waals surface area contributed by atoms with E-state index in [1.54, 1.807) is 0 Å². The van der Waals surface area contributed by atoms with E-state index in [0.29, 0.717) is 5.96 Å². The van der Waals surface area contributed by atoms with Gasteiger partial charge >= 0.3 is 7.75 Å². The van der Waals surface area contributed by atoms with Gasteiger partial charge in [-0.05, 0) is 33.5 Å². The first-order chi connectivity index (χ1) is 9.41. The molecular weight excluding hydrogens is 279 g/mol. The number of nitrogens with zero attached hydrogens (tertiary/aromatic N) is 4. The molecule has 0 aromatic carbocycles. The van der Waals surface area contributed by atoms with Gasteiger partial charge in [0.25, 0.3) is 0 Å². The summed E-state index contributed by atoms with van der Waals surface area (Å²) in [6.07, 6.45) is 2.21. The summed E-state index contributed by atoms with van der Waals surface area (Å²) in [4.78, 5) is 6.30. The monoisotopic (exact) mass is 306 g/mol. The van der Waals surface area contributed by atoms with Crippen molar-refractivity contribution in [2.75, 3.05) is 61.5 Å². The van der Waals surface area contributed by atoms with Crippen molar-refractivity contribution in [1.29, 1.82) is 0 Å². The average Bonchev–Trinajstić information content (AvgIpc) is 2.75. The maximum absolute atomic E-state index is 12.1. The van der Waals surface area contributed by atoms with Gasteiger partial charge < -0.3 is 14.7 Å². The van der Waals surface area contributed by atoms with E-state index in [1.807, 2.05) is 11.9 Å². The normalized spacial score (nSPS) is 18.6. The zero-order chi connectivity index (χ0) is 15.2. The summed E-state index contributed by atoms with van der Waals surface area (Å²) in [6.45, 7) is 3.75. The van der Waals surface area contributed by atoms with Crippen LogP contribution in [0.1, 0.15) is 12.8 Å². The molecule has 0 N–H and O–H groups in total. The number of guanidine groups is 1. The van der Waals surface area contributed by atoms with Crippen LogP contribution in [0.5, 0.6) is 0 Å². The van der Waals surface area contributed by atoms with E-state index in [0.717, 1.165) is 39.0 Å². The molecule has 1 fully saturated rings. The summed E-state index contributed by atoms with van der Waals surface area (Å²) in [7, 11) is 5.43. The second-order valence-electron chi connectivity index (χ2n) is 5.15. The fourth-order valence-corrected chi connectivity index (χ4v) is 2.87. The highest BCUT2D eigenvalue weighted by Crippen LogP contribution is 2.48. The predicted octanol–water partition coefficient (Wildman–Crippen LogP) is 1.33. The Kier molecular flexibility index (Phi) is 6.95. The van der Waals surface area contributed by atoms with Crippen LogP contribution >= 0.6 is 7.75 Å². The highest BCUT2D eigenvalue weighted by Gasteiger charge is 2.29. The van der Waals surface area contributed by atoms with Gasteiger partial charge in [-0.25, -0.2) is 4.57 Å². The van der Waals surface area contributed by atoms with Crippen molar-refractivity contribution in [3.8, 4) is 0 Å². The third kappa shape index (κ3) is 5.05. The van der Waals surface area contributed by atoms with Gasteiger partial charge in [0.2, 0.25) is 5.96 Å². The van der Waals surface area contributed by atoms with Crippen molar-refractivity contribution >= 4 is 13.7 Å². The van der Waals surface area contributed by atoms with Gasteiger partial charge in [-0.3, -0.25) is 9.05 Å². The summed E-state index contributed by atoms with van der Waals surface area (Å²) < 4.78 is 26.1. The van der Waals surface area contributed by atoms with Crippen molar-refractivity contribution in [3.63, 3.8) is 0 Å². The molecular formula is C12H27N4O3P. The minimum Gasteiger partial charge on any atom is -0.344 e. The zero-order valence-electron chi connectivity index (χ0n) is 13.2. The minimum atomic E-state index is -3.36. The third-order valence-corrected chi connectivity index (χ3v) is 4.63. The lowest BCUT2D eigenvalue weighted by atomic mass is 10.3. The molecule has 20 heavy (non-hydrogen) atoms. The van der Waals surface area contributed by atoms with E-state index in [2.05, 4.69) is 28.7 Å². The van der Waals surface area contributed by atoms with E-state index in [1.165, 1.54) is 14.2 Å². The molecule has 0 amide bonds. The molecule has 0 aromatic rings. The molecule has 1 aliphatic heterocycles. The van der Waals surface area contributed by atoms with Crippen molar-refractivity contribution in [3.05, 3.63) is 0 Å². The number of unbranched alkanes of at least 4 members (excludes halogenated alkanes) is 1. The second kappa shape index (κ2) is 7.98. The SMILES string of the molecule is COP(=O)(/N=C1\N(C)CCN1CCCCN(C)C)OC. The molecule has 118 valence electrons. The lowest BCUT2D eigenvalue weighted by Crippen LogP contribution is -2.32. The van der Waals surface area contributed by atoms with Gasteiger partial charge in [-0.2, -0.15) is 0 Å². The van der Waals surface area contributed by atoms with Crippen molar-refractivity contribution in [2.24, 2.45) is 4.76 Å². The fraction of sp³-hybridized carbons (Fsp3) is 0.917. The lowest BCUT2D eigenvalue weighted by molar-refractivity contribution is 0.276. The van der Waals surface area contributed by atoms with Crippen molar-refractivity contribution in [1.82, 2.24) is 14.7 Å². The second-order valence-corrected chi connectivity index (χ2v) is 7.02. The Morgan fingerprint density at radius 3 is 2.45 bits per heavy atom. The van der Waals surface area contributed by atoms with E-state index >= 15 is 0 Å². The number of hydrogen-bond donors (Lipinski definition) is 0. The molecule has 0 aliphatic carbocycles. The van der Waals surface area contributed by atoms with Crippen LogP contribution in [-0.2, 0) is 13.6 Å². The molecule has 7 nitrogen and oxygen atoms in total. The fourth-order valence-electron chi connectivity index (χ4n) is 2.06. The third-order valence-electron chi connectivity index (χ3n) is 3.29. The number of hydrogen-bond acceptors (Lipinski definition) is 4. The van der Waals surface area contributed by atoms with Crippen LogP contribution in [0, 0.1) is 0 Å². The van der Waals surface area contributed by atoms with E-state index < -0.39 is 7.75 Å². The topological polar surface area (TPSA) is 57.6 Å². The Morgan fingerprint density at radius 2 is 1.90 bits per heavy atom. The van der Waals surface area contributed by atoms with E-state index in [4.69, 9.17) is 9.05 Å². The van der Waals surface area contributed by atoms with Crippen molar-refractivity contribution < 1.29 is 13.6 Å². The lowest BCUT2D eigenvalue weighted by Gasteiger charge is -2.22. The van der Waals surface area contributed by atoms with E-state index in [9.17, 15) is 4.57 Å². The Bertz CT molecular complexity index is 368. The van der Waals surface area contributed by atoms with Gasteiger partial charge in [-0.15, -0.1) is 4.76 Å². The Labute approximate surface area is 122 Å². The van der Waals surface area contributed by atoms with Crippen LogP contribution in [0.15, 0.2) is 4.76 Å². The summed E-state index contributed by atoms with van der Waals surface area (Å²) in [5.41, 5.74) is 0. The van der Waals surface area contributed by atoms with Gasteiger partial charge in [0.15, 0.2) is 0 Å². The molecule has 8 heteroatoms. The molecule has 0 aromatic heterocycles. The zero-order valence-corrected chi connectivity index (χ0v) is 14.1. The standard InChI is InChI=1S/C12H27N4O3P/c1-14(2)8-6-7-9-16-11-10-15(3)12(16)13-20(17,18-4)19-5/h6-11H2,1-5H3/b13-12+. The minimum absolute atomic E-state index is 0.696. The first-order valence-corrected chi connectivity index (χ1v) is 8.34. The molecule has 0 saturated carbocycles. The van der Waals surface area contributed by atoms with Crippen LogP contribution in [0.2, 0.25) is 0 Å². The molecule has 0 radical (unpaired) electrons. The maximum atomic E-state index is 12.1. The highest BCUT2D eigenvalue weighted by molar-refractivity contribution is 7.52. The first kappa shape index (κ1) is 17.4. The summed E-state index contributed by atoms with van der Waals surface area (Å²) in [6, 6.07) is 0. The largest absolute Gasteiger partial charge is 0.456 e. The average molecular weight is 306 g/mol. The van der Waals surface area contributed by atoms with Crippen molar-refractivity contribution in [2.45, 2.75) is 12.8 Å². The Hall–Kier alpha value is -0.620. The number of likely N-dealkylation sites (N-methyl/N-ethyl adjacent to an activating group) is 1. The molecule has 0 atom stereocenters. The van der Waals surface area contributed by atoms with Crippen LogP contribution in [-0.4, -0.2) is 82.2 Å². The predicted molar refractivity (Wildman–Crippen MR) is 81.1 cm³/mol. The van der Waals surface area contributed by atoms with Crippen LogP contribution < -0.4 is 0 Å². The molecule has 0 bridgehead atoms. The first-order valence-electron chi connectivity index (χ1n) is 6.84. The Morgan fingerprint density at radius 1 is 1.25 bits per heavy atom. The summed E-state index contributed by atoms with van der Waals surface area (Å²) in [5, 5.41) is 0. The Balaban J connectivity index is 2.62. The van der Waals surface area contributed by atoms with Crippen LogP contribution in [0.25, 0.3) is 0 Å². The molecule has 1 heterocycles. The number of rotatable bonds is 8. The summed E-state index contributed by atoms with van der Waals surface area (Å²) >= 11 is 0. The highest BCUT2D eigenvalue weighted by atomic mass is 31.2. The molecule has 1 saturated heterocycles. The molecule has 1 aliphatic rings. The maximum Gasteiger partial charge on any atom is 0.456 e. The molecule has 0 spiro atoms. The van der Waals surface area contributed by atoms with Gasteiger partial charge in [0.1, 0.15) is 0 Å². The van der Waals surface area contributed by atoms with Gasteiger partial charge in [0.05, 0.1) is 0 Å². The van der Waals surface area contributed by atoms with Gasteiger partial charge in [0, 0.05) is 40.9 Å². The van der Waals surface area contributed by atoms with Crippen LogP contribution in [0.4, 0.5) is 0 Å². The summed E-state index contributed by atoms with van der Waals surface area (Å²) in [5.74, 6) is 0.696. The quantitative estimate of drug-likeness (QED) is 0.498. The van der Waals surface area contributed by atoms with Gasteiger partial charge in [-0.1, -0.05) is 0 Å². The smallest absolute Gasteiger partial charge is 0.344 e. The van der Waals surface area contributed by atoms with E-state index in [-0.39, 0.29) is 0 Å². The van der Waals surface area contributed by atoms with Crippen LogP contribution in [0.3, 0.4) is 0 Å². The molecule has 1 rings (SSSR count). The molecule has 0 unspecified atom stereocenters.